The van der Waals surface area contributed by atoms with Gasteiger partial charge in [-0.25, -0.2) is 4.79 Å². The van der Waals surface area contributed by atoms with Crippen LogP contribution in [0.1, 0.15) is 35.6 Å². The minimum absolute atomic E-state index is 0.139. The summed E-state index contributed by atoms with van der Waals surface area (Å²) < 4.78 is 1.99. The van der Waals surface area contributed by atoms with E-state index in [0.29, 0.717) is 0 Å². The number of hydrogen-bond donors (Lipinski definition) is 1. The first kappa shape index (κ1) is 15.9. The quantitative estimate of drug-likeness (QED) is 0.812. The van der Waals surface area contributed by atoms with E-state index in [1.54, 1.807) is 23.9 Å². The smallest absolute Gasteiger partial charge is 0.337 e. The Morgan fingerprint density at radius 2 is 2.14 bits per heavy atom. The number of carboxylic acids is 1. The minimum atomic E-state index is -1.01. The summed E-state index contributed by atoms with van der Waals surface area (Å²) in [5, 5.41) is 13.9. The molecular weight excluding hydrogens is 308 g/mol. The van der Waals surface area contributed by atoms with Crippen molar-refractivity contribution in [2.24, 2.45) is 0 Å². The normalized spacial score (nSPS) is 10.8. The number of aromatic nitrogens is 2. The van der Waals surface area contributed by atoms with Crippen molar-refractivity contribution in [2.45, 2.75) is 37.5 Å². The molecule has 1 aromatic heterocycles. The predicted molar refractivity (Wildman–Crippen MR) is 85.3 cm³/mol. The number of carboxylic acid groups (broad SMARTS) is 1. The van der Waals surface area contributed by atoms with Gasteiger partial charge in [-0.1, -0.05) is 18.5 Å². The average Bonchev–Trinajstić information content (AvgIpc) is 2.88. The van der Waals surface area contributed by atoms with Gasteiger partial charge in [0.2, 0.25) is 0 Å². The molecule has 0 amide bonds. The molecule has 21 heavy (non-hydrogen) atoms. The van der Waals surface area contributed by atoms with E-state index >= 15 is 0 Å². The predicted octanol–water partition coefficient (Wildman–Crippen LogP) is 4.11. The lowest BCUT2D eigenvalue weighted by Gasteiger charge is -2.06. The van der Waals surface area contributed by atoms with Gasteiger partial charge in [0.25, 0.3) is 0 Å². The first-order valence-electron chi connectivity index (χ1n) is 6.76. The molecule has 1 aromatic carbocycles. The lowest BCUT2D eigenvalue weighted by Crippen LogP contribution is -2.02. The SMILES string of the molecule is CCc1cc(CSc2ccc(Cl)c(C(=O)O)c2)n(CC)n1. The van der Waals surface area contributed by atoms with E-state index in [1.165, 1.54) is 0 Å². The lowest BCUT2D eigenvalue weighted by molar-refractivity contribution is 0.0697. The third kappa shape index (κ3) is 3.80. The van der Waals surface area contributed by atoms with Gasteiger partial charge in [-0.3, -0.25) is 4.68 Å². The van der Waals surface area contributed by atoms with E-state index < -0.39 is 5.97 Å². The number of halogens is 1. The van der Waals surface area contributed by atoms with Crippen molar-refractivity contribution in [1.29, 1.82) is 0 Å². The first-order valence-corrected chi connectivity index (χ1v) is 8.12. The van der Waals surface area contributed by atoms with Crippen LogP contribution in [0.25, 0.3) is 0 Å². The number of thioether (sulfide) groups is 1. The fraction of sp³-hybridized carbons (Fsp3) is 0.333. The number of aromatic carboxylic acids is 1. The van der Waals surface area contributed by atoms with Gasteiger partial charge in [0.05, 0.1) is 16.3 Å². The second kappa shape index (κ2) is 7.00. The number of aryl methyl sites for hydroxylation is 2. The molecule has 0 unspecified atom stereocenters. The van der Waals surface area contributed by atoms with Crippen molar-refractivity contribution in [3.05, 3.63) is 46.2 Å². The van der Waals surface area contributed by atoms with E-state index in [0.717, 1.165) is 35.0 Å². The number of carbonyl (C=O) groups is 1. The maximum Gasteiger partial charge on any atom is 0.337 e. The highest BCUT2D eigenvalue weighted by atomic mass is 35.5. The fourth-order valence-electron chi connectivity index (χ4n) is 1.99. The van der Waals surface area contributed by atoms with Gasteiger partial charge in [-0.15, -0.1) is 11.8 Å². The summed E-state index contributed by atoms with van der Waals surface area (Å²) in [7, 11) is 0. The summed E-state index contributed by atoms with van der Waals surface area (Å²) in [6.45, 7) is 4.97. The van der Waals surface area contributed by atoms with Gasteiger partial charge in [0, 0.05) is 22.9 Å². The van der Waals surface area contributed by atoms with E-state index in [-0.39, 0.29) is 10.6 Å². The van der Waals surface area contributed by atoms with Crippen molar-refractivity contribution in [3.8, 4) is 0 Å². The second-order valence-corrected chi connectivity index (χ2v) is 5.99. The Morgan fingerprint density at radius 1 is 1.38 bits per heavy atom. The summed E-state index contributed by atoms with van der Waals surface area (Å²) in [6.07, 6.45) is 0.911. The summed E-state index contributed by atoms with van der Waals surface area (Å²) >= 11 is 7.46. The molecule has 0 aliphatic heterocycles. The Labute approximate surface area is 133 Å². The zero-order valence-corrected chi connectivity index (χ0v) is 13.5. The van der Waals surface area contributed by atoms with E-state index in [2.05, 4.69) is 25.0 Å². The maximum atomic E-state index is 11.1. The maximum absolute atomic E-state index is 11.1. The first-order chi connectivity index (χ1) is 10.0. The number of hydrogen-bond acceptors (Lipinski definition) is 3. The molecule has 1 N–H and O–H groups in total. The van der Waals surface area contributed by atoms with Crippen LogP contribution < -0.4 is 0 Å². The Kier molecular flexibility index (Phi) is 5.31. The summed E-state index contributed by atoms with van der Waals surface area (Å²) in [6, 6.07) is 7.18. The number of rotatable bonds is 6. The topological polar surface area (TPSA) is 55.1 Å². The Bertz CT molecular complexity index is 655. The van der Waals surface area contributed by atoms with E-state index in [9.17, 15) is 4.79 Å². The molecule has 0 aliphatic rings. The van der Waals surface area contributed by atoms with Crippen molar-refractivity contribution in [3.63, 3.8) is 0 Å². The Morgan fingerprint density at radius 3 is 2.76 bits per heavy atom. The molecule has 0 radical (unpaired) electrons. The van der Waals surface area contributed by atoms with Gasteiger partial charge >= 0.3 is 5.97 Å². The molecule has 112 valence electrons. The molecule has 0 fully saturated rings. The van der Waals surface area contributed by atoms with Crippen LogP contribution in [0.3, 0.4) is 0 Å². The Balaban J connectivity index is 2.14. The second-order valence-electron chi connectivity index (χ2n) is 4.53. The van der Waals surface area contributed by atoms with Gasteiger partial charge in [-0.05, 0) is 37.6 Å². The molecular formula is C15H17ClN2O2S. The average molecular weight is 325 g/mol. The number of nitrogens with zero attached hydrogens (tertiary/aromatic N) is 2. The molecule has 0 saturated carbocycles. The largest absolute Gasteiger partial charge is 0.478 e. The fourth-order valence-corrected chi connectivity index (χ4v) is 3.10. The molecule has 1 heterocycles. The third-order valence-corrected chi connectivity index (χ3v) is 4.49. The zero-order valence-electron chi connectivity index (χ0n) is 12.0. The summed E-state index contributed by atoms with van der Waals surface area (Å²) in [5.74, 6) is -0.254. The van der Waals surface area contributed by atoms with Crippen molar-refractivity contribution in [2.75, 3.05) is 0 Å². The molecule has 2 rings (SSSR count). The van der Waals surface area contributed by atoms with Gasteiger partial charge in [0.15, 0.2) is 0 Å². The van der Waals surface area contributed by atoms with Gasteiger partial charge in [-0.2, -0.15) is 5.10 Å². The molecule has 0 spiro atoms. The minimum Gasteiger partial charge on any atom is -0.478 e. The monoisotopic (exact) mass is 324 g/mol. The molecule has 0 aliphatic carbocycles. The van der Waals surface area contributed by atoms with E-state index in [4.69, 9.17) is 16.7 Å². The van der Waals surface area contributed by atoms with Crippen molar-refractivity contribution >= 4 is 29.3 Å². The van der Waals surface area contributed by atoms with Crippen LogP contribution in [-0.4, -0.2) is 20.9 Å². The van der Waals surface area contributed by atoms with Crippen LogP contribution in [-0.2, 0) is 18.7 Å². The third-order valence-electron chi connectivity index (χ3n) is 3.13. The van der Waals surface area contributed by atoms with Crippen molar-refractivity contribution < 1.29 is 9.90 Å². The standard InChI is InChI=1S/C15H17ClN2O2S/c1-3-10-7-11(18(4-2)17-10)9-21-12-5-6-14(16)13(8-12)15(19)20/h5-8H,3-4,9H2,1-2H3,(H,19,20). The zero-order chi connectivity index (χ0) is 15.4. The van der Waals surface area contributed by atoms with Gasteiger partial charge < -0.3 is 5.11 Å². The van der Waals surface area contributed by atoms with Crippen LogP contribution in [0.4, 0.5) is 0 Å². The van der Waals surface area contributed by atoms with Crippen molar-refractivity contribution in [1.82, 2.24) is 9.78 Å². The Hall–Kier alpha value is -1.46. The van der Waals surface area contributed by atoms with Crippen LogP contribution in [0.2, 0.25) is 5.02 Å². The van der Waals surface area contributed by atoms with E-state index in [1.807, 2.05) is 10.7 Å². The highest BCUT2D eigenvalue weighted by molar-refractivity contribution is 7.98. The highest BCUT2D eigenvalue weighted by Crippen LogP contribution is 2.27. The van der Waals surface area contributed by atoms with Gasteiger partial charge in [0.1, 0.15) is 0 Å². The molecule has 6 heteroatoms. The molecule has 0 saturated heterocycles. The number of benzene rings is 1. The molecule has 0 bridgehead atoms. The van der Waals surface area contributed by atoms with Crippen LogP contribution >= 0.6 is 23.4 Å². The molecule has 0 atom stereocenters. The summed E-state index contributed by atoms with van der Waals surface area (Å²) in [5.41, 5.74) is 2.36. The van der Waals surface area contributed by atoms with Crippen LogP contribution in [0.5, 0.6) is 0 Å². The highest BCUT2D eigenvalue weighted by Gasteiger charge is 2.11. The summed E-state index contributed by atoms with van der Waals surface area (Å²) in [4.78, 5) is 12.0. The van der Waals surface area contributed by atoms with Crippen LogP contribution in [0, 0.1) is 0 Å². The molecule has 2 aromatic rings. The van der Waals surface area contributed by atoms with Crippen LogP contribution in [0.15, 0.2) is 29.2 Å². The lowest BCUT2D eigenvalue weighted by atomic mass is 10.2. The molecule has 4 nitrogen and oxygen atoms in total.